The van der Waals surface area contributed by atoms with Crippen LogP contribution < -0.4 is 5.32 Å². The number of carboxylic acid groups (broad SMARTS) is 1. The molecule has 1 heterocycles. The van der Waals surface area contributed by atoms with Crippen LogP contribution in [-0.4, -0.2) is 28.0 Å². The van der Waals surface area contributed by atoms with E-state index in [9.17, 15) is 9.59 Å². The molecule has 0 fully saturated rings. The third-order valence-corrected chi connectivity index (χ3v) is 2.70. The van der Waals surface area contributed by atoms with Crippen LogP contribution in [0.2, 0.25) is 0 Å². The molecule has 5 nitrogen and oxygen atoms in total. The average molecular weight is 256 g/mol. The largest absolute Gasteiger partial charge is 0.480 e. The predicted octanol–water partition coefficient (Wildman–Crippen LogP) is 1.37. The van der Waals surface area contributed by atoms with E-state index in [1.54, 1.807) is 6.07 Å². The Balaban J connectivity index is 2.19. The van der Waals surface area contributed by atoms with E-state index in [4.69, 9.17) is 11.5 Å². The van der Waals surface area contributed by atoms with Crippen molar-refractivity contribution in [3.8, 4) is 12.3 Å². The number of fused-ring (bicyclic) bond motifs is 1. The maximum Gasteiger partial charge on any atom is 0.327 e. The predicted molar refractivity (Wildman–Crippen MR) is 70.6 cm³/mol. The molecule has 0 aliphatic carbocycles. The molecule has 0 aliphatic rings. The fourth-order valence-corrected chi connectivity index (χ4v) is 1.75. The molecule has 0 aliphatic heterocycles. The summed E-state index contributed by atoms with van der Waals surface area (Å²) in [7, 11) is 0. The molecule has 0 saturated heterocycles. The molecule has 0 saturated carbocycles. The number of nitrogens with one attached hydrogen (secondary N) is 2. The van der Waals surface area contributed by atoms with Crippen LogP contribution >= 0.6 is 0 Å². The molecule has 3 N–H and O–H groups in total. The second-order valence-corrected chi connectivity index (χ2v) is 4.04. The number of carboxylic acids is 1. The fourth-order valence-electron chi connectivity index (χ4n) is 1.75. The van der Waals surface area contributed by atoms with Gasteiger partial charge in [-0.3, -0.25) is 4.79 Å². The zero-order chi connectivity index (χ0) is 13.8. The summed E-state index contributed by atoms with van der Waals surface area (Å²) in [6.07, 6.45) is 5.02. The molecule has 1 aromatic carbocycles. The Kier molecular flexibility index (Phi) is 3.53. The van der Waals surface area contributed by atoms with E-state index >= 15 is 0 Å². The summed E-state index contributed by atoms with van der Waals surface area (Å²) in [4.78, 5) is 25.8. The first-order valence-corrected chi connectivity index (χ1v) is 5.66. The van der Waals surface area contributed by atoms with E-state index in [2.05, 4.69) is 16.2 Å². The maximum atomic E-state index is 11.9. The molecule has 1 aromatic heterocycles. The molecule has 0 radical (unpaired) electrons. The minimum absolute atomic E-state index is 0.0543. The summed E-state index contributed by atoms with van der Waals surface area (Å²) >= 11 is 0. The van der Waals surface area contributed by atoms with Crippen LogP contribution in [0.4, 0.5) is 0 Å². The lowest BCUT2D eigenvalue weighted by Crippen LogP contribution is -2.40. The molecule has 1 unspecified atom stereocenters. The molecule has 2 aromatic rings. The Morgan fingerprint density at radius 3 is 2.79 bits per heavy atom. The molecule has 1 amide bonds. The van der Waals surface area contributed by atoms with E-state index < -0.39 is 17.9 Å². The third kappa shape index (κ3) is 2.75. The molecule has 5 heteroatoms. The van der Waals surface area contributed by atoms with Crippen molar-refractivity contribution in [1.29, 1.82) is 0 Å². The Labute approximate surface area is 109 Å². The summed E-state index contributed by atoms with van der Waals surface area (Å²) in [5.41, 5.74) is 1.13. The van der Waals surface area contributed by atoms with Crippen LogP contribution in [0.5, 0.6) is 0 Å². The second-order valence-electron chi connectivity index (χ2n) is 4.04. The summed E-state index contributed by atoms with van der Waals surface area (Å²) in [5, 5.41) is 12.2. The smallest absolute Gasteiger partial charge is 0.327 e. The highest BCUT2D eigenvalue weighted by Gasteiger charge is 2.20. The summed E-state index contributed by atoms with van der Waals surface area (Å²) < 4.78 is 0. The average Bonchev–Trinajstić information content (AvgIpc) is 2.81. The van der Waals surface area contributed by atoms with Gasteiger partial charge in [0.05, 0.1) is 0 Å². The summed E-state index contributed by atoms with van der Waals surface area (Å²) in [6, 6.07) is 7.99. The number of H-pyrrole nitrogens is 1. The van der Waals surface area contributed by atoms with Crippen LogP contribution in [-0.2, 0) is 4.79 Å². The number of terminal acetylenes is 1. The summed E-state index contributed by atoms with van der Waals surface area (Å²) in [6.45, 7) is 0. The number of rotatable bonds is 4. The lowest BCUT2D eigenvalue weighted by Gasteiger charge is -2.10. The first kappa shape index (κ1) is 12.7. The summed E-state index contributed by atoms with van der Waals surface area (Å²) in [5.74, 6) is 0.589. The van der Waals surface area contributed by atoms with Gasteiger partial charge in [0.15, 0.2) is 0 Å². The van der Waals surface area contributed by atoms with Crippen molar-refractivity contribution in [2.45, 2.75) is 12.5 Å². The van der Waals surface area contributed by atoms with Gasteiger partial charge in [-0.2, -0.15) is 0 Å². The highest BCUT2D eigenvalue weighted by atomic mass is 16.4. The van der Waals surface area contributed by atoms with Gasteiger partial charge in [-0.15, -0.1) is 12.3 Å². The van der Waals surface area contributed by atoms with Crippen molar-refractivity contribution < 1.29 is 14.7 Å². The van der Waals surface area contributed by atoms with Gasteiger partial charge in [-0.1, -0.05) is 18.2 Å². The van der Waals surface area contributed by atoms with Crippen LogP contribution in [0, 0.1) is 12.3 Å². The van der Waals surface area contributed by atoms with Gasteiger partial charge in [0, 0.05) is 17.3 Å². The molecule has 0 spiro atoms. The Morgan fingerprint density at radius 2 is 2.16 bits per heavy atom. The fraction of sp³-hybridized carbons (Fsp3) is 0.143. The number of para-hydroxylation sites is 1. The molecule has 2 rings (SSSR count). The number of carbonyl (C=O) groups is 2. The lowest BCUT2D eigenvalue weighted by molar-refractivity contribution is -0.139. The Bertz CT molecular complexity index is 634. The monoisotopic (exact) mass is 256 g/mol. The van der Waals surface area contributed by atoms with E-state index in [1.165, 1.54) is 0 Å². The van der Waals surface area contributed by atoms with Gasteiger partial charge < -0.3 is 15.4 Å². The van der Waals surface area contributed by atoms with Crippen molar-refractivity contribution in [2.24, 2.45) is 0 Å². The minimum Gasteiger partial charge on any atom is -0.480 e. The van der Waals surface area contributed by atoms with Crippen LogP contribution in [0.15, 0.2) is 30.3 Å². The topological polar surface area (TPSA) is 82.2 Å². The normalized spacial score (nSPS) is 11.7. The van der Waals surface area contributed by atoms with E-state index in [1.807, 2.05) is 24.3 Å². The van der Waals surface area contributed by atoms with Crippen molar-refractivity contribution in [3.05, 3.63) is 36.0 Å². The highest BCUT2D eigenvalue weighted by Crippen LogP contribution is 2.14. The van der Waals surface area contributed by atoms with Crippen molar-refractivity contribution in [1.82, 2.24) is 10.3 Å². The van der Waals surface area contributed by atoms with Gasteiger partial charge in [0.25, 0.3) is 5.91 Å². The van der Waals surface area contributed by atoms with Gasteiger partial charge in [-0.25, -0.2) is 4.79 Å². The van der Waals surface area contributed by atoms with Gasteiger partial charge in [0.2, 0.25) is 0 Å². The molecular formula is C14H12N2O3. The number of aliphatic carboxylic acids is 1. The zero-order valence-electron chi connectivity index (χ0n) is 10.0. The van der Waals surface area contributed by atoms with Gasteiger partial charge in [0.1, 0.15) is 11.7 Å². The molecule has 19 heavy (non-hydrogen) atoms. The van der Waals surface area contributed by atoms with E-state index in [0.717, 1.165) is 10.9 Å². The molecule has 0 bridgehead atoms. The van der Waals surface area contributed by atoms with Crippen LogP contribution in [0.1, 0.15) is 16.9 Å². The number of aromatic nitrogens is 1. The lowest BCUT2D eigenvalue weighted by atomic mass is 10.2. The number of benzene rings is 1. The Morgan fingerprint density at radius 1 is 1.42 bits per heavy atom. The number of amides is 1. The van der Waals surface area contributed by atoms with Crippen LogP contribution in [0.25, 0.3) is 10.9 Å². The maximum absolute atomic E-state index is 11.9. The van der Waals surface area contributed by atoms with Gasteiger partial charge in [-0.05, 0) is 12.1 Å². The molecular weight excluding hydrogens is 244 g/mol. The van der Waals surface area contributed by atoms with Crippen molar-refractivity contribution in [2.75, 3.05) is 0 Å². The van der Waals surface area contributed by atoms with Crippen molar-refractivity contribution in [3.63, 3.8) is 0 Å². The SMILES string of the molecule is C#CCC(NC(=O)c1cc2ccccc2[nH]1)C(=O)O. The van der Waals surface area contributed by atoms with Crippen molar-refractivity contribution >= 4 is 22.8 Å². The quantitative estimate of drug-likeness (QED) is 0.723. The zero-order valence-corrected chi connectivity index (χ0v) is 10.0. The molecule has 96 valence electrons. The number of carbonyl (C=O) groups excluding carboxylic acids is 1. The number of hydrogen-bond acceptors (Lipinski definition) is 2. The first-order chi connectivity index (χ1) is 9.11. The first-order valence-electron chi connectivity index (χ1n) is 5.66. The van der Waals surface area contributed by atoms with Gasteiger partial charge >= 0.3 is 5.97 Å². The number of aromatic amines is 1. The standard InChI is InChI=1S/C14H12N2O3/c1-2-5-11(14(18)19)16-13(17)12-8-9-6-3-4-7-10(9)15-12/h1,3-4,6-8,11,15H,5H2,(H,16,17)(H,18,19). The highest BCUT2D eigenvalue weighted by molar-refractivity contribution is 5.99. The van der Waals surface area contributed by atoms with Crippen LogP contribution in [0.3, 0.4) is 0 Å². The molecule has 1 atom stereocenters. The van der Waals surface area contributed by atoms with E-state index in [-0.39, 0.29) is 6.42 Å². The van der Waals surface area contributed by atoms with E-state index in [0.29, 0.717) is 5.69 Å². The second kappa shape index (κ2) is 5.27. The number of hydrogen-bond donors (Lipinski definition) is 3. The minimum atomic E-state index is -1.15. The third-order valence-electron chi connectivity index (χ3n) is 2.70. The Hall–Kier alpha value is -2.74.